The molecule has 0 saturated heterocycles. The number of nitrogens with zero attached hydrogens (tertiary/aromatic N) is 3. The number of halogens is 1. The van der Waals surface area contributed by atoms with Gasteiger partial charge in [-0.3, -0.25) is 0 Å². The van der Waals surface area contributed by atoms with Crippen LogP contribution in [0.5, 0.6) is 0 Å². The number of hydrogen-bond acceptors (Lipinski definition) is 5. The van der Waals surface area contributed by atoms with E-state index in [2.05, 4.69) is 34.2 Å². The number of para-hydroxylation sites is 2. The van der Waals surface area contributed by atoms with Crippen molar-refractivity contribution in [3.8, 4) is 33.9 Å². The normalized spacial score (nSPS) is 11.7. The van der Waals surface area contributed by atoms with Gasteiger partial charge in [0.05, 0.1) is 0 Å². The Balaban J connectivity index is 1.31. The van der Waals surface area contributed by atoms with Gasteiger partial charge < -0.3 is 8.83 Å². The molecule has 0 bridgehead atoms. The Morgan fingerprint density at radius 3 is 1.95 bits per heavy atom. The van der Waals surface area contributed by atoms with Crippen LogP contribution in [0.25, 0.3) is 77.8 Å². The molecule has 0 unspecified atom stereocenters. The number of benzene rings is 5. The third-order valence-electron chi connectivity index (χ3n) is 7.11. The van der Waals surface area contributed by atoms with E-state index in [0.717, 1.165) is 66.1 Å². The summed E-state index contributed by atoms with van der Waals surface area (Å²) in [4.78, 5) is 13.9. The molecule has 0 aliphatic carbocycles. The molecule has 0 fully saturated rings. The molecule has 0 radical (unpaired) electrons. The predicted molar refractivity (Wildman–Crippen MR) is 156 cm³/mol. The third-order valence-corrected chi connectivity index (χ3v) is 7.27. The van der Waals surface area contributed by atoms with Crippen molar-refractivity contribution in [1.82, 2.24) is 15.0 Å². The minimum Gasteiger partial charge on any atom is -0.456 e. The topological polar surface area (TPSA) is 65.0 Å². The molecule has 184 valence electrons. The molecule has 3 aromatic heterocycles. The predicted octanol–water partition coefficient (Wildman–Crippen LogP) is 9.32. The lowest BCUT2D eigenvalue weighted by Gasteiger charge is -2.11. The van der Waals surface area contributed by atoms with Crippen molar-refractivity contribution in [2.75, 3.05) is 0 Å². The second kappa shape index (κ2) is 8.51. The first-order valence-electron chi connectivity index (χ1n) is 12.6. The largest absolute Gasteiger partial charge is 0.456 e. The number of hydrogen-bond donors (Lipinski definition) is 0. The lowest BCUT2D eigenvalue weighted by atomic mass is 9.95. The van der Waals surface area contributed by atoms with Gasteiger partial charge in [-0.2, -0.15) is 9.97 Å². The van der Waals surface area contributed by atoms with Gasteiger partial charge in [0, 0.05) is 32.7 Å². The van der Waals surface area contributed by atoms with Crippen LogP contribution in [0.1, 0.15) is 0 Å². The molecule has 8 rings (SSSR count). The molecule has 0 atom stereocenters. The summed E-state index contributed by atoms with van der Waals surface area (Å²) in [7, 11) is 0. The van der Waals surface area contributed by atoms with Crippen LogP contribution >= 0.6 is 11.6 Å². The van der Waals surface area contributed by atoms with Crippen LogP contribution in [0.2, 0.25) is 5.28 Å². The average Bonchev–Trinajstić information content (AvgIpc) is 3.55. The highest BCUT2D eigenvalue weighted by Crippen LogP contribution is 2.40. The molecule has 0 N–H and O–H groups in total. The Bertz CT molecular complexity index is 2210. The first-order chi connectivity index (χ1) is 19.2. The minimum atomic E-state index is 0.126. The van der Waals surface area contributed by atoms with Gasteiger partial charge in [-0.1, -0.05) is 78.9 Å². The molecule has 0 spiro atoms. The standard InChI is InChI=1S/C33H18ClN3O2/c34-33-36-31(19-16-17-22-21-9-3-5-13-26(21)39-29(22)18-19)35-32(37-33)24-10-2-1-8-20(24)23-12-7-15-28-30(23)25-11-4-6-14-27(25)38-28/h1-18H. The number of aromatic nitrogens is 3. The van der Waals surface area contributed by atoms with Crippen molar-refractivity contribution in [2.24, 2.45) is 0 Å². The quantitative estimate of drug-likeness (QED) is 0.231. The molecule has 6 heteroatoms. The van der Waals surface area contributed by atoms with E-state index < -0.39 is 0 Å². The molecule has 0 aliphatic rings. The van der Waals surface area contributed by atoms with Crippen LogP contribution in [-0.2, 0) is 0 Å². The molecular weight excluding hydrogens is 506 g/mol. The lowest BCUT2D eigenvalue weighted by molar-refractivity contribution is 0.668. The third kappa shape index (κ3) is 3.51. The van der Waals surface area contributed by atoms with Crippen LogP contribution in [0, 0.1) is 0 Å². The highest BCUT2D eigenvalue weighted by atomic mass is 35.5. The summed E-state index contributed by atoms with van der Waals surface area (Å²) in [6.45, 7) is 0. The van der Waals surface area contributed by atoms with Crippen molar-refractivity contribution < 1.29 is 8.83 Å². The Morgan fingerprint density at radius 2 is 1.08 bits per heavy atom. The molecule has 5 nitrogen and oxygen atoms in total. The van der Waals surface area contributed by atoms with E-state index in [1.807, 2.05) is 84.9 Å². The van der Waals surface area contributed by atoms with E-state index in [1.54, 1.807) is 0 Å². The highest BCUT2D eigenvalue weighted by Gasteiger charge is 2.18. The second-order valence-corrected chi connectivity index (χ2v) is 9.72. The Hall–Kier alpha value is -5.00. The first-order valence-corrected chi connectivity index (χ1v) is 12.9. The zero-order chi connectivity index (χ0) is 25.9. The molecule has 5 aromatic carbocycles. The SMILES string of the molecule is Clc1nc(-c2ccc3c(c2)oc2ccccc23)nc(-c2ccccc2-c2cccc3oc4ccccc4c23)n1. The Kier molecular flexibility index (Phi) is 4.81. The zero-order valence-electron chi connectivity index (χ0n) is 20.4. The van der Waals surface area contributed by atoms with E-state index in [4.69, 9.17) is 25.4 Å². The summed E-state index contributed by atoms with van der Waals surface area (Å²) < 4.78 is 12.2. The van der Waals surface area contributed by atoms with Gasteiger partial charge in [0.1, 0.15) is 22.3 Å². The Morgan fingerprint density at radius 1 is 0.462 bits per heavy atom. The molecule has 0 saturated carbocycles. The van der Waals surface area contributed by atoms with E-state index in [0.29, 0.717) is 11.6 Å². The van der Waals surface area contributed by atoms with Gasteiger partial charge in [-0.15, -0.1) is 0 Å². The van der Waals surface area contributed by atoms with E-state index in [-0.39, 0.29) is 5.28 Å². The second-order valence-electron chi connectivity index (χ2n) is 9.38. The van der Waals surface area contributed by atoms with Crippen LogP contribution in [0.3, 0.4) is 0 Å². The van der Waals surface area contributed by atoms with E-state index in [1.165, 1.54) is 0 Å². The summed E-state index contributed by atoms with van der Waals surface area (Å²) in [5, 5.41) is 4.35. The maximum atomic E-state index is 6.49. The van der Waals surface area contributed by atoms with Crippen LogP contribution < -0.4 is 0 Å². The van der Waals surface area contributed by atoms with Crippen molar-refractivity contribution in [3.63, 3.8) is 0 Å². The summed E-state index contributed by atoms with van der Waals surface area (Å²) in [6.07, 6.45) is 0. The smallest absolute Gasteiger partial charge is 0.226 e. The summed E-state index contributed by atoms with van der Waals surface area (Å²) >= 11 is 6.49. The van der Waals surface area contributed by atoms with Gasteiger partial charge in [0.25, 0.3) is 0 Å². The molecule has 8 aromatic rings. The minimum absolute atomic E-state index is 0.126. The van der Waals surface area contributed by atoms with E-state index >= 15 is 0 Å². The summed E-state index contributed by atoms with van der Waals surface area (Å²) in [5.41, 5.74) is 6.96. The fourth-order valence-corrected chi connectivity index (χ4v) is 5.54. The zero-order valence-corrected chi connectivity index (χ0v) is 21.2. The van der Waals surface area contributed by atoms with Gasteiger partial charge in [0.15, 0.2) is 11.6 Å². The molecular formula is C33H18ClN3O2. The van der Waals surface area contributed by atoms with E-state index in [9.17, 15) is 0 Å². The highest BCUT2D eigenvalue weighted by molar-refractivity contribution is 6.28. The maximum Gasteiger partial charge on any atom is 0.226 e. The van der Waals surface area contributed by atoms with Gasteiger partial charge in [-0.05, 0) is 53.1 Å². The fraction of sp³-hybridized carbons (Fsp3) is 0. The van der Waals surface area contributed by atoms with Crippen molar-refractivity contribution in [3.05, 3.63) is 114 Å². The maximum absolute atomic E-state index is 6.49. The van der Waals surface area contributed by atoms with Gasteiger partial charge in [0.2, 0.25) is 5.28 Å². The number of furan rings is 2. The summed E-state index contributed by atoms with van der Waals surface area (Å²) in [6, 6.07) is 36.2. The fourth-order valence-electron chi connectivity index (χ4n) is 5.38. The molecule has 0 amide bonds. The van der Waals surface area contributed by atoms with Crippen LogP contribution in [0.15, 0.2) is 118 Å². The molecule has 0 aliphatic heterocycles. The Labute approximate surface area is 227 Å². The summed E-state index contributed by atoms with van der Waals surface area (Å²) in [5.74, 6) is 0.976. The van der Waals surface area contributed by atoms with Crippen molar-refractivity contribution >= 4 is 55.5 Å². The number of rotatable bonds is 3. The first kappa shape index (κ1) is 22.0. The lowest BCUT2D eigenvalue weighted by Crippen LogP contribution is -1.98. The molecule has 39 heavy (non-hydrogen) atoms. The van der Waals surface area contributed by atoms with Gasteiger partial charge >= 0.3 is 0 Å². The van der Waals surface area contributed by atoms with Crippen molar-refractivity contribution in [1.29, 1.82) is 0 Å². The van der Waals surface area contributed by atoms with Crippen LogP contribution in [0.4, 0.5) is 0 Å². The molecule has 3 heterocycles. The van der Waals surface area contributed by atoms with Crippen molar-refractivity contribution in [2.45, 2.75) is 0 Å². The number of fused-ring (bicyclic) bond motifs is 6. The van der Waals surface area contributed by atoms with Gasteiger partial charge in [-0.25, -0.2) is 4.98 Å². The van der Waals surface area contributed by atoms with Crippen LogP contribution in [-0.4, -0.2) is 15.0 Å². The monoisotopic (exact) mass is 523 g/mol. The average molecular weight is 524 g/mol.